The average molecular weight is 459 g/mol. The van der Waals surface area contributed by atoms with E-state index in [4.69, 9.17) is 0 Å². The normalized spacial score (nSPS) is 11.6. The van der Waals surface area contributed by atoms with Crippen LogP contribution in [0.3, 0.4) is 0 Å². The van der Waals surface area contributed by atoms with E-state index in [0.717, 1.165) is 40.6 Å². The van der Waals surface area contributed by atoms with Crippen LogP contribution in [0, 0.1) is 0 Å². The summed E-state index contributed by atoms with van der Waals surface area (Å²) in [6, 6.07) is 14.6. The first kappa shape index (κ1) is 21.3. The zero-order valence-electron chi connectivity index (χ0n) is 17.2. The van der Waals surface area contributed by atoms with E-state index in [1.54, 1.807) is 0 Å². The molecule has 0 bridgehead atoms. The number of carbonyl (C=O) groups is 1. The summed E-state index contributed by atoms with van der Waals surface area (Å²) >= 11 is 0.129. The van der Waals surface area contributed by atoms with Gasteiger partial charge in [-0.25, -0.2) is 0 Å². The van der Waals surface area contributed by atoms with Gasteiger partial charge in [-0.15, -0.1) is 0 Å². The van der Waals surface area contributed by atoms with Gasteiger partial charge < -0.3 is 0 Å². The van der Waals surface area contributed by atoms with Crippen molar-refractivity contribution in [2.24, 2.45) is 0 Å². The summed E-state index contributed by atoms with van der Waals surface area (Å²) in [5.41, 5.74) is 0.679. The fourth-order valence-electron chi connectivity index (χ4n) is 3.24. The van der Waals surface area contributed by atoms with Crippen molar-refractivity contribution in [3.63, 3.8) is 0 Å². The Morgan fingerprint density at radius 1 is 1.07 bits per heavy atom. The van der Waals surface area contributed by atoms with Crippen LogP contribution < -0.4 is 5.32 Å². The van der Waals surface area contributed by atoms with E-state index in [9.17, 15) is 9.90 Å². The van der Waals surface area contributed by atoms with Crippen LogP contribution in [0.2, 0.25) is 0 Å². The predicted octanol–water partition coefficient (Wildman–Crippen LogP) is 4.92. The van der Waals surface area contributed by atoms with Crippen molar-refractivity contribution in [1.82, 2.24) is 15.1 Å². The Balaban J connectivity index is 1.46. The molecule has 3 rings (SSSR count). The number of aryl methyl sites for hydroxylation is 1. The topological polar surface area (TPSA) is 78.4 Å². The Kier molecular flexibility index (Phi) is 6.93. The molecule has 0 aliphatic heterocycles. The fourth-order valence-corrected chi connectivity index (χ4v) is 4.92. The zero-order chi connectivity index (χ0) is 20.9. The van der Waals surface area contributed by atoms with Crippen molar-refractivity contribution in [2.45, 2.75) is 52.0 Å². The van der Waals surface area contributed by atoms with Crippen LogP contribution in [0.25, 0.3) is 10.8 Å². The summed E-state index contributed by atoms with van der Waals surface area (Å²) in [5.74, 6) is 0. The van der Waals surface area contributed by atoms with Gasteiger partial charge in [0.15, 0.2) is 0 Å². The number of carboxylic acid groups (broad SMARTS) is 1. The average Bonchev–Trinajstić information content (AvgIpc) is 3.10. The molecule has 3 aromatic rings. The molecule has 29 heavy (non-hydrogen) atoms. The maximum absolute atomic E-state index is 11.4. The number of unbranched alkanes of at least 4 members (excludes halogenated alkanes) is 2. The molecule has 0 radical (unpaired) electrons. The second kappa shape index (κ2) is 9.42. The van der Waals surface area contributed by atoms with Crippen LogP contribution in [0.15, 0.2) is 42.5 Å². The number of nitrogens with one attached hydrogen (secondary N) is 1. The number of rotatable bonds is 8. The van der Waals surface area contributed by atoms with E-state index in [2.05, 4.69) is 45.8 Å². The molecular formula is C22H28N4O2Se. The maximum atomic E-state index is 11.4. The molecule has 2 N–H and O–H groups in total. The summed E-state index contributed by atoms with van der Waals surface area (Å²) in [7, 11) is 0. The molecule has 1 aromatic heterocycles. The van der Waals surface area contributed by atoms with Crippen molar-refractivity contribution in [1.29, 1.82) is 0 Å². The first-order chi connectivity index (χ1) is 13.8. The van der Waals surface area contributed by atoms with Gasteiger partial charge in [0.1, 0.15) is 0 Å². The van der Waals surface area contributed by atoms with Crippen molar-refractivity contribution in [3.05, 3.63) is 47.0 Å². The van der Waals surface area contributed by atoms with Gasteiger partial charge in [0.25, 0.3) is 0 Å². The molecular weight excluding hydrogens is 431 g/mol. The Hall–Kier alpha value is -2.37. The van der Waals surface area contributed by atoms with E-state index >= 15 is 0 Å². The number of hydrogen-bond acceptors (Lipinski definition) is 4. The predicted molar refractivity (Wildman–Crippen MR) is 118 cm³/mol. The molecule has 0 aliphatic rings. The zero-order valence-corrected chi connectivity index (χ0v) is 18.9. The Bertz CT molecular complexity index is 965. The molecule has 0 unspecified atom stereocenters. The number of anilines is 2. The standard InChI is InChI=1S/C22H28N4O2Se/c1-22(2,3)26(21(27)28)14-8-4-5-11-19-24-25-20(29-19)23-18-13-12-16-9-6-7-10-17(16)15-18/h6-7,9-10,12-13,15H,4-5,8,11,14H2,1-3H3,(H,23,25)(H,27,28). The molecule has 0 aliphatic carbocycles. The van der Waals surface area contributed by atoms with E-state index < -0.39 is 6.09 Å². The fraction of sp³-hybridized carbons (Fsp3) is 0.409. The van der Waals surface area contributed by atoms with E-state index in [1.165, 1.54) is 15.7 Å². The summed E-state index contributed by atoms with van der Waals surface area (Å²) in [6.45, 7) is 6.36. The summed E-state index contributed by atoms with van der Waals surface area (Å²) in [5, 5.41) is 23.8. The number of aromatic nitrogens is 2. The van der Waals surface area contributed by atoms with Gasteiger partial charge in [-0.3, -0.25) is 0 Å². The third-order valence-corrected chi connectivity index (χ3v) is 6.67. The summed E-state index contributed by atoms with van der Waals surface area (Å²) in [6.07, 6.45) is 2.94. The van der Waals surface area contributed by atoms with Gasteiger partial charge in [0, 0.05) is 0 Å². The quantitative estimate of drug-likeness (QED) is 0.369. The second-order valence-electron chi connectivity index (χ2n) is 8.10. The van der Waals surface area contributed by atoms with Gasteiger partial charge in [-0.05, 0) is 0 Å². The van der Waals surface area contributed by atoms with E-state index in [-0.39, 0.29) is 20.0 Å². The van der Waals surface area contributed by atoms with Crippen LogP contribution in [0.1, 0.15) is 44.6 Å². The van der Waals surface area contributed by atoms with Crippen molar-refractivity contribution in [3.8, 4) is 0 Å². The molecule has 0 spiro atoms. The van der Waals surface area contributed by atoms with E-state index in [1.807, 2.05) is 32.9 Å². The van der Waals surface area contributed by atoms with Crippen molar-refractivity contribution < 1.29 is 9.90 Å². The minimum atomic E-state index is -0.848. The molecule has 0 atom stereocenters. The van der Waals surface area contributed by atoms with Crippen molar-refractivity contribution in [2.75, 3.05) is 11.9 Å². The molecule has 0 saturated carbocycles. The molecule has 1 amide bonds. The van der Waals surface area contributed by atoms with Gasteiger partial charge in [-0.2, -0.15) is 0 Å². The van der Waals surface area contributed by atoms with Crippen LogP contribution in [-0.2, 0) is 6.42 Å². The van der Waals surface area contributed by atoms with Crippen LogP contribution in [-0.4, -0.2) is 52.9 Å². The van der Waals surface area contributed by atoms with Crippen molar-refractivity contribution >= 4 is 41.7 Å². The number of hydrogen-bond donors (Lipinski definition) is 2. The van der Waals surface area contributed by atoms with Crippen LogP contribution in [0.5, 0.6) is 0 Å². The number of fused-ring (bicyclic) bond motifs is 1. The molecule has 2 aromatic carbocycles. The SMILES string of the molecule is CC(C)(C)N(CCCCCc1nnc(Nc2ccc3ccccc3c2)[se]1)C(=O)O. The molecule has 1 heterocycles. The number of amides is 1. The molecule has 154 valence electrons. The first-order valence-corrected chi connectivity index (χ1v) is 11.6. The Labute approximate surface area is 177 Å². The minimum absolute atomic E-state index is 0.129. The van der Waals surface area contributed by atoms with Crippen LogP contribution >= 0.6 is 0 Å². The molecule has 0 saturated heterocycles. The third-order valence-electron chi connectivity index (χ3n) is 4.78. The first-order valence-electron chi connectivity index (χ1n) is 9.92. The Morgan fingerprint density at radius 2 is 1.83 bits per heavy atom. The van der Waals surface area contributed by atoms with Gasteiger partial charge in [-0.1, -0.05) is 0 Å². The second-order valence-corrected chi connectivity index (χ2v) is 10.3. The summed E-state index contributed by atoms with van der Waals surface area (Å²) in [4.78, 5) is 12.9. The Morgan fingerprint density at radius 3 is 2.55 bits per heavy atom. The van der Waals surface area contributed by atoms with E-state index in [0.29, 0.717) is 6.54 Å². The summed E-state index contributed by atoms with van der Waals surface area (Å²) < 4.78 is 2.08. The number of benzene rings is 2. The molecule has 7 heteroatoms. The van der Waals surface area contributed by atoms with Gasteiger partial charge >= 0.3 is 178 Å². The monoisotopic (exact) mass is 460 g/mol. The molecule has 0 fully saturated rings. The van der Waals surface area contributed by atoms with Crippen LogP contribution in [0.4, 0.5) is 15.2 Å². The third kappa shape index (κ3) is 6.05. The van der Waals surface area contributed by atoms with Gasteiger partial charge in [0.05, 0.1) is 0 Å². The van der Waals surface area contributed by atoms with Gasteiger partial charge in [0.2, 0.25) is 0 Å². The molecule has 6 nitrogen and oxygen atoms in total. The number of nitrogens with zero attached hydrogens (tertiary/aromatic N) is 3.